The summed E-state index contributed by atoms with van der Waals surface area (Å²) in [6.07, 6.45) is 0. The second kappa shape index (κ2) is 3.84. The van der Waals surface area contributed by atoms with Gasteiger partial charge in [-0.15, -0.1) is 3.77 Å². The van der Waals surface area contributed by atoms with Gasteiger partial charge in [-0.25, -0.2) is 0 Å². The Morgan fingerprint density at radius 3 is 2.36 bits per heavy atom. The van der Waals surface area contributed by atoms with E-state index in [1.807, 2.05) is 14.1 Å². The van der Waals surface area contributed by atoms with Crippen LogP contribution in [-0.4, -0.2) is 25.0 Å². The van der Waals surface area contributed by atoms with E-state index in [0.29, 0.717) is 5.96 Å². The first-order valence-electron chi connectivity index (χ1n) is 2.60. The van der Waals surface area contributed by atoms with Gasteiger partial charge in [0, 0.05) is 14.1 Å². The molecule has 0 N–H and O–H groups in total. The standard InChI is InChI=1S/C3H6Cl2N4S2/c1-9(2)3-6-10(4)8-11(5)7-3/h1-2H3. The molecule has 4 nitrogen and oxygen atoms in total. The lowest BCUT2D eigenvalue weighted by Gasteiger charge is -2.12. The highest BCUT2D eigenvalue weighted by Crippen LogP contribution is 2.12. The van der Waals surface area contributed by atoms with Crippen LogP contribution < -0.4 is 0 Å². The smallest absolute Gasteiger partial charge is 0.242 e. The molecule has 0 spiro atoms. The highest BCUT2D eigenvalue weighted by atomic mass is 35.7. The maximum atomic E-state index is 5.66. The molecule has 0 amide bonds. The third-order valence-corrected chi connectivity index (χ3v) is 3.88. The molecule has 11 heavy (non-hydrogen) atoms. The number of guanidine groups is 1. The van der Waals surface area contributed by atoms with Crippen molar-refractivity contribution >= 4 is 47.5 Å². The third-order valence-electron chi connectivity index (χ3n) is 0.837. The van der Waals surface area contributed by atoms with Crippen molar-refractivity contribution in [3.05, 3.63) is 0 Å². The molecule has 0 aromatic carbocycles. The van der Waals surface area contributed by atoms with E-state index in [1.165, 1.54) is 0 Å². The van der Waals surface area contributed by atoms with E-state index < -0.39 is 20.2 Å². The second-order valence-electron chi connectivity index (χ2n) is 1.89. The lowest BCUT2D eigenvalue weighted by Crippen LogP contribution is -2.21. The average molecular weight is 233 g/mol. The van der Waals surface area contributed by atoms with Crippen LogP contribution in [0.5, 0.6) is 0 Å². The van der Waals surface area contributed by atoms with Gasteiger partial charge < -0.3 is 4.90 Å². The maximum absolute atomic E-state index is 5.66. The molecule has 1 aliphatic rings. The maximum Gasteiger partial charge on any atom is 0.242 e. The summed E-state index contributed by atoms with van der Waals surface area (Å²) in [5.74, 6) is 0.552. The quantitative estimate of drug-likeness (QED) is 0.627. The Morgan fingerprint density at radius 2 is 1.91 bits per heavy atom. The van der Waals surface area contributed by atoms with Gasteiger partial charge in [0.1, 0.15) is 20.2 Å². The van der Waals surface area contributed by atoms with Crippen molar-refractivity contribution in [2.24, 2.45) is 12.5 Å². The average Bonchev–Trinajstić information content (AvgIpc) is 1.85. The fourth-order valence-electron chi connectivity index (χ4n) is 0.399. The van der Waals surface area contributed by atoms with E-state index in [-0.39, 0.29) is 0 Å². The van der Waals surface area contributed by atoms with Gasteiger partial charge in [-0.2, -0.15) is 8.76 Å². The van der Waals surface area contributed by atoms with Gasteiger partial charge in [0.25, 0.3) is 0 Å². The molecule has 0 radical (unpaired) electrons. The van der Waals surface area contributed by atoms with Gasteiger partial charge in [0.2, 0.25) is 5.96 Å². The van der Waals surface area contributed by atoms with E-state index >= 15 is 0 Å². The molecule has 1 aliphatic heterocycles. The van der Waals surface area contributed by atoms with Crippen LogP contribution in [0.1, 0.15) is 0 Å². The predicted molar refractivity (Wildman–Crippen MR) is 52.4 cm³/mol. The Bertz CT molecular complexity index is 255. The zero-order valence-corrected chi connectivity index (χ0v) is 9.01. The van der Waals surface area contributed by atoms with Crippen LogP contribution >= 0.6 is 21.4 Å². The molecular formula is C3H6Cl2N4S2. The Morgan fingerprint density at radius 1 is 1.27 bits per heavy atom. The lowest BCUT2D eigenvalue weighted by atomic mass is 10.8. The monoisotopic (exact) mass is 232 g/mol. The van der Waals surface area contributed by atoms with Gasteiger partial charge in [0.15, 0.2) is 0 Å². The minimum atomic E-state index is -0.841. The van der Waals surface area contributed by atoms with E-state index in [2.05, 4.69) is 12.5 Å². The van der Waals surface area contributed by atoms with Gasteiger partial charge in [-0.3, -0.25) is 0 Å². The van der Waals surface area contributed by atoms with Gasteiger partial charge >= 0.3 is 0 Å². The van der Waals surface area contributed by atoms with E-state index in [9.17, 15) is 0 Å². The first-order valence-corrected chi connectivity index (χ1v) is 6.53. The number of rotatable bonds is 0. The first kappa shape index (κ1) is 9.44. The van der Waals surface area contributed by atoms with Crippen molar-refractivity contribution in [3.63, 3.8) is 0 Å². The topological polar surface area (TPSA) is 40.3 Å². The van der Waals surface area contributed by atoms with Crippen LogP contribution in [0.15, 0.2) is 12.5 Å². The zero-order valence-electron chi connectivity index (χ0n) is 5.86. The Kier molecular flexibility index (Phi) is 3.29. The molecular weight excluding hydrogens is 227 g/mol. The zero-order chi connectivity index (χ0) is 8.43. The Hall–Kier alpha value is 0.350. The number of hydrogen-bond donors (Lipinski definition) is 0. The highest BCUT2D eigenvalue weighted by Gasteiger charge is 2.07. The predicted octanol–water partition coefficient (Wildman–Crippen LogP) is 1.66. The molecule has 0 saturated heterocycles. The van der Waals surface area contributed by atoms with Crippen molar-refractivity contribution in [3.8, 4) is 0 Å². The van der Waals surface area contributed by atoms with Crippen LogP contribution in [0.4, 0.5) is 0 Å². The highest BCUT2D eigenvalue weighted by molar-refractivity contribution is 8.19. The van der Waals surface area contributed by atoms with E-state index in [4.69, 9.17) is 21.4 Å². The fraction of sp³-hybridized carbons (Fsp3) is 0.667. The summed E-state index contributed by atoms with van der Waals surface area (Å²) in [4.78, 5) is 1.75. The summed E-state index contributed by atoms with van der Waals surface area (Å²) in [5, 5.41) is 0. The van der Waals surface area contributed by atoms with E-state index in [1.54, 1.807) is 4.90 Å². The number of nitrogens with zero attached hydrogens (tertiary/aromatic N) is 4. The van der Waals surface area contributed by atoms with Crippen LogP contribution in [0.25, 0.3) is 0 Å². The lowest BCUT2D eigenvalue weighted by molar-refractivity contribution is 0.618. The number of halogens is 2. The Labute approximate surface area is 79.1 Å². The first-order chi connectivity index (χ1) is 5.09. The van der Waals surface area contributed by atoms with Crippen LogP contribution in [0.2, 0.25) is 0 Å². The summed E-state index contributed by atoms with van der Waals surface area (Å²) in [6.45, 7) is 0. The van der Waals surface area contributed by atoms with Crippen LogP contribution in [0.3, 0.4) is 0 Å². The van der Waals surface area contributed by atoms with Crippen molar-refractivity contribution in [1.82, 2.24) is 4.90 Å². The summed E-state index contributed by atoms with van der Waals surface area (Å²) < 4.78 is 11.7. The minimum Gasteiger partial charge on any atom is -0.346 e. The molecule has 64 valence electrons. The van der Waals surface area contributed by atoms with Crippen LogP contribution in [0, 0.1) is 0 Å². The molecule has 1 heterocycles. The summed E-state index contributed by atoms with van der Waals surface area (Å²) in [6, 6.07) is 0. The van der Waals surface area contributed by atoms with Crippen LogP contribution in [-0.2, 0) is 20.2 Å². The summed E-state index contributed by atoms with van der Waals surface area (Å²) >= 11 is 0. The molecule has 2 atom stereocenters. The SMILES string of the molecule is CN(C)C1=NS(Cl)=NS(Cl)=N1. The van der Waals surface area contributed by atoms with Crippen molar-refractivity contribution in [1.29, 1.82) is 0 Å². The molecule has 0 aromatic rings. The second-order valence-corrected chi connectivity index (χ2v) is 5.39. The molecule has 0 aromatic heterocycles. The Balaban J connectivity index is 2.94. The van der Waals surface area contributed by atoms with Gasteiger partial charge in [-0.1, -0.05) is 0 Å². The van der Waals surface area contributed by atoms with Gasteiger partial charge in [0.05, 0.1) is 0 Å². The summed E-state index contributed by atoms with van der Waals surface area (Å²) in [7, 11) is 13.3. The largest absolute Gasteiger partial charge is 0.346 e. The van der Waals surface area contributed by atoms with Crippen molar-refractivity contribution in [2.45, 2.75) is 0 Å². The molecule has 0 aliphatic carbocycles. The van der Waals surface area contributed by atoms with E-state index in [0.717, 1.165) is 0 Å². The van der Waals surface area contributed by atoms with Crippen molar-refractivity contribution in [2.75, 3.05) is 14.1 Å². The minimum absolute atomic E-state index is 0.552. The molecule has 1 rings (SSSR count). The molecule has 0 saturated carbocycles. The normalized spacial score (nSPS) is 30.0. The summed E-state index contributed by atoms with van der Waals surface area (Å²) in [5.41, 5.74) is 0. The third kappa shape index (κ3) is 2.70. The molecule has 8 heteroatoms. The number of hydrogen-bond acceptors (Lipinski definition) is 4. The molecule has 0 fully saturated rings. The van der Waals surface area contributed by atoms with Crippen molar-refractivity contribution < 1.29 is 0 Å². The van der Waals surface area contributed by atoms with Gasteiger partial charge in [-0.05, 0) is 21.4 Å². The fourth-order valence-corrected chi connectivity index (χ4v) is 3.39. The molecule has 2 unspecified atom stereocenters. The molecule has 0 bridgehead atoms.